The zero-order valence-electron chi connectivity index (χ0n) is 21.6. The first kappa shape index (κ1) is 23.2. The Labute approximate surface area is 211 Å². The van der Waals surface area contributed by atoms with Crippen LogP contribution in [0.25, 0.3) is 33.3 Å². The van der Waals surface area contributed by atoms with Crippen LogP contribution in [0.4, 0.5) is 0 Å². The minimum Gasteiger partial charge on any atom is -0.381 e. The van der Waals surface area contributed by atoms with Gasteiger partial charge in [0, 0.05) is 48.8 Å². The summed E-state index contributed by atoms with van der Waals surface area (Å²) in [4.78, 5) is 17.2. The van der Waals surface area contributed by atoms with Crippen molar-refractivity contribution in [3.63, 3.8) is 0 Å². The summed E-state index contributed by atoms with van der Waals surface area (Å²) in [6.45, 7) is 10.5. The lowest BCUT2D eigenvalue weighted by molar-refractivity contribution is -0.119. The zero-order valence-corrected chi connectivity index (χ0v) is 21.6. The maximum atomic E-state index is 12.2. The van der Waals surface area contributed by atoms with Crippen molar-refractivity contribution < 1.29 is 14.1 Å². The first-order chi connectivity index (χ1) is 17.3. The number of aromatic nitrogens is 3. The number of pyridine rings is 1. The summed E-state index contributed by atoms with van der Waals surface area (Å²) in [5.41, 5.74) is 8.29. The van der Waals surface area contributed by atoms with E-state index >= 15 is 0 Å². The van der Waals surface area contributed by atoms with Gasteiger partial charge in [0.15, 0.2) is 0 Å². The number of rotatable bonds is 6. The molecule has 1 aliphatic heterocycles. The molecule has 0 atom stereocenters. The van der Waals surface area contributed by atoms with Crippen LogP contribution in [0.3, 0.4) is 0 Å². The summed E-state index contributed by atoms with van der Waals surface area (Å²) >= 11 is 0. The lowest BCUT2D eigenvalue weighted by atomic mass is 9.82. The van der Waals surface area contributed by atoms with Crippen LogP contribution in [0, 0.1) is 19.3 Å². The van der Waals surface area contributed by atoms with Crippen LogP contribution in [0.15, 0.2) is 47.2 Å². The second kappa shape index (κ2) is 8.41. The Bertz CT molecular complexity index is 1430. The molecule has 0 amide bonds. The van der Waals surface area contributed by atoms with Gasteiger partial charge < -0.3 is 13.8 Å². The van der Waals surface area contributed by atoms with E-state index in [1.165, 1.54) is 0 Å². The van der Waals surface area contributed by atoms with Crippen molar-refractivity contribution in [1.82, 2.24) is 14.7 Å². The third-order valence-electron chi connectivity index (χ3n) is 8.46. The fourth-order valence-corrected chi connectivity index (χ4v) is 5.91. The fraction of sp³-hybridized carbons (Fsp3) is 0.433. The van der Waals surface area contributed by atoms with Gasteiger partial charge in [-0.1, -0.05) is 36.3 Å². The number of benzene rings is 1. The molecule has 36 heavy (non-hydrogen) atoms. The lowest BCUT2D eigenvalue weighted by Crippen LogP contribution is -2.30. The minimum atomic E-state index is -0.258. The maximum absolute atomic E-state index is 12.2. The predicted molar refractivity (Wildman–Crippen MR) is 140 cm³/mol. The third kappa shape index (κ3) is 3.79. The van der Waals surface area contributed by atoms with E-state index in [9.17, 15) is 4.79 Å². The van der Waals surface area contributed by atoms with Crippen molar-refractivity contribution in [3.8, 4) is 22.3 Å². The maximum Gasteiger partial charge on any atom is 0.141 e. The Balaban J connectivity index is 1.46. The van der Waals surface area contributed by atoms with Crippen LogP contribution in [-0.4, -0.2) is 33.7 Å². The van der Waals surface area contributed by atoms with Crippen molar-refractivity contribution in [3.05, 3.63) is 59.7 Å². The number of hydrogen-bond acceptors (Lipinski definition) is 5. The largest absolute Gasteiger partial charge is 0.381 e. The number of hydrogen-bond donors (Lipinski definition) is 0. The molecule has 1 aliphatic carbocycles. The van der Waals surface area contributed by atoms with Crippen LogP contribution in [0.5, 0.6) is 0 Å². The number of Topliss-reactive ketones (excluding diaryl/α,β-unsaturated/α-hetero) is 1. The molecule has 0 radical (unpaired) electrons. The monoisotopic (exact) mass is 483 g/mol. The summed E-state index contributed by atoms with van der Waals surface area (Å²) in [6.07, 6.45) is 8.18. The summed E-state index contributed by atoms with van der Waals surface area (Å²) in [7, 11) is 0. The number of nitrogens with zero attached hydrogens (tertiary/aromatic N) is 3. The van der Waals surface area contributed by atoms with Gasteiger partial charge >= 0.3 is 0 Å². The quantitative estimate of drug-likeness (QED) is 0.317. The molecule has 0 bridgehead atoms. The Morgan fingerprint density at radius 1 is 1.06 bits per heavy atom. The highest BCUT2D eigenvalue weighted by atomic mass is 16.5. The number of ether oxygens (including phenoxy) is 1. The van der Waals surface area contributed by atoms with Crippen LogP contribution in [-0.2, 0) is 21.5 Å². The van der Waals surface area contributed by atoms with Gasteiger partial charge in [0.05, 0.1) is 22.1 Å². The smallest absolute Gasteiger partial charge is 0.141 e. The third-order valence-corrected chi connectivity index (χ3v) is 8.46. The second-order valence-electron chi connectivity index (χ2n) is 11.1. The predicted octanol–water partition coefficient (Wildman–Crippen LogP) is 6.41. The van der Waals surface area contributed by atoms with Gasteiger partial charge in [-0.25, -0.2) is 0 Å². The van der Waals surface area contributed by atoms with Crippen molar-refractivity contribution in [1.29, 1.82) is 0 Å². The van der Waals surface area contributed by atoms with Crippen LogP contribution in [0.1, 0.15) is 56.5 Å². The average molecular weight is 484 g/mol. The van der Waals surface area contributed by atoms with Crippen molar-refractivity contribution >= 4 is 16.8 Å². The van der Waals surface area contributed by atoms with Gasteiger partial charge in [-0.15, -0.1) is 0 Å². The highest BCUT2D eigenvalue weighted by molar-refractivity contribution is 5.95. The molecule has 186 valence electrons. The van der Waals surface area contributed by atoms with E-state index in [0.29, 0.717) is 0 Å². The van der Waals surface area contributed by atoms with E-state index in [4.69, 9.17) is 14.2 Å². The summed E-state index contributed by atoms with van der Waals surface area (Å²) in [5.74, 6) is 1.07. The topological polar surface area (TPSA) is 70.2 Å². The molecule has 1 saturated carbocycles. The van der Waals surface area contributed by atoms with E-state index in [-0.39, 0.29) is 16.6 Å². The number of fused-ring (bicyclic) bond motifs is 1. The number of carbonyl (C=O) groups is 1. The minimum absolute atomic E-state index is 0.171. The molecule has 4 heterocycles. The molecular weight excluding hydrogens is 450 g/mol. The Kier molecular flexibility index (Phi) is 5.41. The molecule has 2 fully saturated rings. The molecule has 6 rings (SSSR count). The number of ketones is 1. The molecule has 0 unspecified atom stereocenters. The van der Waals surface area contributed by atoms with Gasteiger partial charge in [-0.3, -0.25) is 9.78 Å². The fourth-order valence-electron chi connectivity index (χ4n) is 5.91. The van der Waals surface area contributed by atoms with E-state index in [2.05, 4.69) is 53.2 Å². The molecule has 3 aromatic heterocycles. The first-order valence-corrected chi connectivity index (χ1v) is 12.9. The van der Waals surface area contributed by atoms with Gasteiger partial charge in [-0.2, -0.15) is 0 Å². The molecule has 4 aromatic rings. The van der Waals surface area contributed by atoms with Crippen LogP contribution >= 0.6 is 0 Å². The van der Waals surface area contributed by atoms with Gasteiger partial charge in [-0.05, 0) is 69.1 Å². The molecule has 2 aliphatic rings. The lowest BCUT2D eigenvalue weighted by Gasteiger charge is -2.34. The molecule has 1 aromatic carbocycles. The van der Waals surface area contributed by atoms with Gasteiger partial charge in [0.25, 0.3) is 0 Å². The summed E-state index contributed by atoms with van der Waals surface area (Å²) in [6, 6.07) is 10.8. The van der Waals surface area contributed by atoms with Crippen LogP contribution < -0.4 is 0 Å². The molecular formula is C30H33N3O3. The second-order valence-corrected chi connectivity index (χ2v) is 11.1. The first-order valence-electron chi connectivity index (χ1n) is 12.9. The molecule has 0 spiro atoms. The average Bonchev–Trinajstić information content (AvgIpc) is 3.53. The van der Waals surface area contributed by atoms with Gasteiger partial charge in [0.2, 0.25) is 0 Å². The van der Waals surface area contributed by atoms with E-state index in [0.717, 1.165) is 95.7 Å². The Morgan fingerprint density at radius 3 is 2.39 bits per heavy atom. The Hall–Kier alpha value is -3.25. The van der Waals surface area contributed by atoms with Crippen molar-refractivity contribution in [2.75, 3.05) is 13.2 Å². The Morgan fingerprint density at radius 2 is 1.78 bits per heavy atom. The van der Waals surface area contributed by atoms with Crippen LogP contribution in [0.2, 0.25) is 0 Å². The van der Waals surface area contributed by atoms with Crippen molar-refractivity contribution in [2.24, 2.45) is 5.41 Å². The van der Waals surface area contributed by atoms with Crippen molar-refractivity contribution in [2.45, 2.75) is 65.3 Å². The highest BCUT2D eigenvalue weighted by Gasteiger charge is 2.48. The standard InChI is InChI=1S/C30H33N3O3/c1-19-27(20(2)36-32-19)23-15-26-28(31-16-23)25(17-33(26)18-29(4)11-13-35-14-12-29)22-5-7-24(8-6-22)30(9-10-30)21(3)34/h5-8,15-17H,9-14,18H2,1-4H3. The SMILES string of the molecule is CC(=O)C1(c2ccc(-c3cn(CC4(C)CCOCC4)c4cc(-c5c(C)noc5C)cnc34)cc2)CC1. The number of carbonyl (C=O) groups excluding carboxylic acids is 1. The molecule has 6 heteroatoms. The summed E-state index contributed by atoms with van der Waals surface area (Å²) in [5, 5.41) is 4.15. The van der Waals surface area contributed by atoms with E-state index in [1.807, 2.05) is 20.0 Å². The molecule has 1 saturated heterocycles. The number of aryl methyl sites for hydroxylation is 2. The zero-order chi connectivity index (χ0) is 25.1. The highest BCUT2D eigenvalue weighted by Crippen LogP contribution is 2.49. The molecule has 0 N–H and O–H groups in total. The normalized spacial score (nSPS) is 18.4. The van der Waals surface area contributed by atoms with E-state index in [1.54, 1.807) is 6.92 Å². The molecule has 6 nitrogen and oxygen atoms in total. The summed E-state index contributed by atoms with van der Waals surface area (Å²) < 4.78 is 13.5. The van der Waals surface area contributed by atoms with E-state index < -0.39 is 0 Å². The van der Waals surface area contributed by atoms with Gasteiger partial charge in [0.1, 0.15) is 11.5 Å².